The summed E-state index contributed by atoms with van der Waals surface area (Å²) in [6.07, 6.45) is 0.670. The van der Waals surface area contributed by atoms with Crippen LogP contribution in [-0.4, -0.2) is 5.78 Å². The smallest absolute Gasteiger partial charge is 0.141 e. The molecule has 0 saturated heterocycles. The van der Waals surface area contributed by atoms with Crippen LogP contribution in [0.25, 0.3) is 0 Å². The van der Waals surface area contributed by atoms with Gasteiger partial charge in [0.1, 0.15) is 5.78 Å². The van der Waals surface area contributed by atoms with Crippen molar-refractivity contribution in [1.82, 2.24) is 0 Å². The first-order chi connectivity index (χ1) is 7.83. The maximum absolute atomic E-state index is 12.3. The van der Waals surface area contributed by atoms with Crippen molar-refractivity contribution in [3.63, 3.8) is 0 Å². The second-order valence-corrected chi connectivity index (χ2v) is 7.23. The summed E-state index contributed by atoms with van der Waals surface area (Å²) >= 11 is 2.35. The third kappa shape index (κ3) is 2.28. The molecular formula is C15H19IO. The predicted octanol–water partition coefficient (Wildman–Crippen LogP) is 4.28. The molecule has 1 atom stereocenters. The molecule has 0 fully saturated rings. The SMILES string of the molecule is CC(C)C1C(=O)CC(C)(C)c2cc(I)ccc21. The van der Waals surface area contributed by atoms with Crippen molar-refractivity contribution in [2.24, 2.45) is 5.92 Å². The van der Waals surface area contributed by atoms with Crippen molar-refractivity contribution in [2.75, 3.05) is 0 Å². The molecule has 0 saturated carbocycles. The number of rotatable bonds is 1. The Balaban J connectivity index is 2.63. The summed E-state index contributed by atoms with van der Waals surface area (Å²) in [5, 5.41) is 0. The minimum atomic E-state index is -0.0149. The van der Waals surface area contributed by atoms with Crippen molar-refractivity contribution in [1.29, 1.82) is 0 Å². The van der Waals surface area contributed by atoms with Gasteiger partial charge in [-0.25, -0.2) is 0 Å². The lowest BCUT2D eigenvalue weighted by Gasteiger charge is -2.37. The van der Waals surface area contributed by atoms with E-state index in [-0.39, 0.29) is 11.3 Å². The first-order valence-electron chi connectivity index (χ1n) is 6.15. The van der Waals surface area contributed by atoms with Crippen molar-refractivity contribution in [2.45, 2.75) is 45.4 Å². The Hall–Kier alpha value is -0.380. The highest BCUT2D eigenvalue weighted by Gasteiger charge is 2.39. The van der Waals surface area contributed by atoms with Gasteiger partial charge in [-0.1, -0.05) is 33.8 Å². The van der Waals surface area contributed by atoms with E-state index in [2.05, 4.69) is 68.5 Å². The zero-order valence-electron chi connectivity index (χ0n) is 10.9. The molecule has 0 heterocycles. The van der Waals surface area contributed by atoms with E-state index < -0.39 is 0 Å². The highest BCUT2D eigenvalue weighted by Crippen LogP contribution is 2.43. The van der Waals surface area contributed by atoms with Crippen LogP contribution in [-0.2, 0) is 10.2 Å². The maximum atomic E-state index is 12.3. The molecule has 1 aromatic carbocycles. The number of Topliss-reactive ketones (excluding diaryl/α,β-unsaturated/α-hetero) is 1. The summed E-state index contributed by atoms with van der Waals surface area (Å²) < 4.78 is 1.26. The molecule has 1 aromatic rings. The molecule has 1 unspecified atom stereocenters. The van der Waals surface area contributed by atoms with E-state index in [1.54, 1.807) is 0 Å². The van der Waals surface area contributed by atoms with Crippen LogP contribution in [0.15, 0.2) is 18.2 Å². The number of carbonyl (C=O) groups is 1. The second-order valence-electron chi connectivity index (χ2n) is 5.98. The minimum Gasteiger partial charge on any atom is -0.299 e. The molecule has 0 amide bonds. The Morgan fingerprint density at radius 1 is 1.35 bits per heavy atom. The second kappa shape index (κ2) is 4.38. The summed E-state index contributed by atoms with van der Waals surface area (Å²) in [6, 6.07) is 6.52. The number of benzene rings is 1. The lowest BCUT2D eigenvalue weighted by molar-refractivity contribution is -0.123. The molecule has 0 radical (unpaired) electrons. The third-order valence-electron chi connectivity index (χ3n) is 3.71. The molecule has 2 rings (SSSR count). The van der Waals surface area contributed by atoms with E-state index >= 15 is 0 Å². The standard InChI is InChI=1S/C15H19IO/c1-9(2)14-11-6-5-10(16)7-12(11)15(3,4)8-13(14)17/h5-7,9,14H,8H2,1-4H3. The number of ketones is 1. The van der Waals surface area contributed by atoms with E-state index in [4.69, 9.17) is 0 Å². The summed E-state index contributed by atoms with van der Waals surface area (Å²) in [5.41, 5.74) is 2.60. The van der Waals surface area contributed by atoms with E-state index in [9.17, 15) is 4.79 Å². The van der Waals surface area contributed by atoms with Crippen LogP contribution in [0.1, 0.15) is 51.2 Å². The topological polar surface area (TPSA) is 17.1 Å². The van der Waals surface area contributed by atoms with Gasteiger partial charge in [-0.3, -0.25) is 4.79 Å². The van der Waals surface area contributed by atoms with Crippen LogP contribution in [0.3, 0.4) is 0 Å². The molecule has 0 N–H and O–H groups in total. The van der Waals surface area contributed by atoms with Crippen molar-refractivity contribution in [3.05, 3.63) is 32.9 Å². The number of halogens is 1. The van der Waals surface area contributed by atoms with E-state index in [0.29, 0.717) is 18.1 Å². The molecule has 1 aliphatic rings. The average Bonchev–Trinajstić information content (AvgIpc) is 2.17. The molecule has 0 bridgehead atoms. The number of carbonyl (C=O) groups excluding carboxylic acids is 1. The quantitative estimate of drug-likeness (QED) is 0.696. The highest BCUT2D eigenvalue weighted by atomic mass is 127. The van der Waals surface area contributed by atoms with Gasteiger partial charge in [0.15, 0.2) is 0 Å². The average molecular weight is 342 g/mol. The van der Waals surface area contributed by atoms with Crippen molar-refractivity contribution in [3.8, 4) is 0 Å². The van der Waals surface area contributed by atoms with E-state index in [1.165, 1.54) is 14.7 Å². The summed E-state index contributed by atoms with van der Waals surface area (Å²) in [5.74, 6) is 0.881. The van der Waals surface area contributed by atoms with Gasteiger partial charge in [-0.2, -0.15) is 0 Å². The lowest BCUT2D eigenvalue weighted by Crippen LogP contribution is -2.35. The van der Waals surface area contributed by atoms with Gasteiger partial charge in [-0.15, -0.1) is 0 Å². The minimum absolute atomic E-state index is 0.0149. The Morgan fingerprint density at radius 3 is 2.59 bits per heavy atom. The van der Waals surface area contributed by atoms with Gasteiger partial charge in [0.2, 0.25) is 0 Å². The number of fused-ring (bicyclic) bond motifs is 1. The van der Waals surface area contributed by atoms with Gasteiger partial charge in [0.25, 0.3) is 0 Å². The Bertz CT molecular complexity index is 460. The Labute approximate surface area is 117 Å². The van der Waals surface area contributed by atoms with E-state index in [0.717, 1.165) is 0 Å². The Kier molecular flexibility index (Phi) is 3.36. The molecule has 0 aliphatic heterocycles. The molecule has 17 heavy (non-hydrogen) atoms. The van der Waals surface area contributed by atoms with Crippen LogP contribution >= 0.6 is 22.6 Å². The predicted molar refractivity (Wildman–Crippen MR) is 79.4 cm³/mol. The van der Waals surface area contributed by atoms with Gasteiger partial charge in [0, 0.05) is 15.9 Å². The van der Waals surface area contributed by atoms with Crippen molar-refractivity contribution < 1.29 is 4.79 Å². The molecule has 1 nitrogen and oxygen atoms in total. The highest BCUT2D eigenvalue weighted by molar-refractivity contribution is 14.1. The van der Waals surface area contributed by atoms with Crippen LogP contribution in [0.5, 0.6) is 0 Å². The van der Waals surface area contributed by atoms with Crippen molar-refractivity contribution >= 4 is 28.4 Å². The zero-order valence-corrected chi connectivity index (χ0v) is 13.0. The maximum Gasteiger partial charge on any atom is 0.141 e. The van der Waals surface area contributed by atoms with Crippen LogP contribution in [0.2, 0.25) is 0 Å². The van der Waals surface area contributed by atoms with Gasteiger partial charge >= 0.3 is 0 Å². The van der Waals surface area contributed by atoms with Gasteiger partial charge < -0.3 is 0 Å². The van der Waals surface area contributed by atoms with Crippen LogP contribution in [0.4, 0.5) is 0 Å². The normalized spacial score (nSPS) is 22.7. The first-order valence-corrected chi connectivity index (χ1v) is 7.23. The molecule has 1 aliphatic carbocycles. The largest absolute Gasteiger partial charge is 0.299 e. The fraction of sp³-hybridized carbons (Fsp3) is 0.533. The van der Waals surface area contributed by atoms with Gasteiger partial charge in [0.05, 0.1) is 0 Å². The summed E-state index contributed by atoms with van der Waals surface area (Å²) in [6.45, 7) is 8.64. The molecule has 92 valence electrons. The lowest BCUT2D eigenvalue weighted by atomic mass is 9.65. The summed E-state index contributed by atoms with van der Waals surface area (Å²) in [7, 11) is 0. The monoisotopic (exact) mass is 342 g/mol. The van der Waals surface area contributed by atoms with Crippen LogP contribution < -0.4 is 0 Å². The Morgan fingerprint density at radius 2 is 2.00 bits per heavy atom. The number of hydrogen-bond donors (Lipinski definition) is 0. The number of hydrogen-bond acceptors (Lipinski definition) is 1. The zero-order chi connectivity index (χ0) is 12.8. The molecule has 0 spiro atoms. The summed E-state index contributed by atoms with van der Waals surface area (Å²) in [4.78, 5) is 12.3. The molecule has 0 aromatic heterocycles. The first kappa shape index (κ1) is 13.1. The molecule has 2 heteroatoms. The fourth-order valence-electron chi connectivity index (χ4n) is 2.93. The van der Waals surface area contributed by atoms with Gasteiger partial charge in [-0.05, 0) is 57.2 Å². The fourth-order valence-corrected chi connectivity index (χ4v) is 3.42. The van der Waals surface area contributed by atoms with Crippen LogP contribution in [0, 0.1) is 9.49 Å². The van der Waals surface area contributed by atoms with E-state index in [1.807, 2.05) is 0 Å². The molecular weight excluding hydrogens is 323 g/mol. The third-order valence-corrected chi connectivity index (χ3v) is 4.38.